The summed E-state index contributed by atoms with van der Waals surface area (Å²) < 4.78 is 4.31. The van der Waals surface area contributed by atoms with Gasteiger partial charge in [0.2, 0.25) is 0 Å². The highest BCUT2D eigenvalue weighted by Gasteiger charge is 2.44. The Hall–Kier alpha value is -6.01. The Morgan fingerprint density at radius 2 is 1.41 bits per heavy atom. The molecule has 1 aliphatic carbocycles. The van der Waals surface area contributed by atoms with Crippen molar-refractivity contribution in [2.75, 3.05) is 5.73 Å². The zero-order valence-corrected chi connectivity index (χ0v) is 25.2. The topological polar surface area (TPSA) is 74.0 Å². The average Bonchev–Trinajstić information content (AvgIpc) is 3.76. The van der Waals surface area contributed by atoms with Crippen LogP contribution in [0.3, 0.4) is 0 Å². The lowest BCUT2D eigenvalue weighted by Gasteiger charge is -2.41. The van der Waals surface area contributed by atoms with E-state index < -0.39 is 5.54 Å². The SMILES string of the molecule is Nc1ccc(-c2nn(C(c3ccccc3)(c3ccccc3)C3C=CC=CC3)cc2-c2ccc3ncc(-c4ccccn4)n3c2)cc1. The number of nitrogens with zero attached hydrogens (tertiary/aromatic N) is 5. The van der Waals surface area contributed by atoms with Crippen LogP contribution in [0.25, 0.3) is 39.4 Å². The zero-order valence-electron chi connectivity index (χ0n) is 25.2. The number of benzene rings is 3. The van der Waals surface area contributed by atoms with Crippen molar-refractivity contribution in [3.05, 3.63) is 175 Å². The van der Waals surface area contributed by atoms with Gasteiger partial charge in [-0.05, 0) is 53.9 Å². The highest BCUT2D eigenvalue weighted by molar-refractivity contribution is 5.82. The molecule has 0 saturated heterocycles. The maximum absolute atomic E-state index is 6.14. The molecule has 46 heavy (non-hydrogen) atoms. The van der Waals surface area contributed by atoms with E-state index in [1.54, 1.807) is 0 Å². The van der Waals surface area contributed by atoms with E-state index in [2.05, 4.69) is 141 Å². The molecule has 4 heterocycles. The van der Waals surface area contributed by atoms with Gasteiger partial charge in [0.1, 0.15) is 16.9 Å². The molecule has 2 N–H and O–H groups in total. The first-order valence-corrected chi connectivity index (χ1v) is 15.5. The van der Waals surface area contributed by atoms with Gasteiger partial charge in [-0.15, -0.1) is 0 Å². The molecule has 6 heteroatoms. The number of allylic oxidation sites excluding steroid dienone is 4. The number of hydrogen-bond donors (Lipinski definition) is 1. The molecule has 222 valence electrons. The van der Waals surface area contributed by atoms with Crippen LogP contribution in [0, 0.1) is 5.92 Å². The summed E-state index contributed by atoms with van der Waals surface area (Å²) >= 11 is 0. The van der Waals surface area contributed by atoms with Crippen LogP contribution in [-0.4, -0.2) is 24.1 Å². The molecule has 7 aromatic rings. The lowest BCUT2D eigenvalue weighted by Crippen LogP contribution is -2.43. The molecule has 4 aromatic heterocycles. The summed E-state index contributed by atoms with van der Waals surface area (Å²) in [5.41, 5.74) is 15.1. The van der Waals surface area contributed by atoms with Gasteiger partial charge >= 0.3 is 0 Å². The van der Waals surface area contributed by atoms with Crippen LogP contribution in [0.1, 0.15) is 17.5 Å². The summed E-state index contributed by atoms with van der Waals surface area (Å²) in [7, 11) is 0. The molecule has 1 aliphatic rings. The van der Waals surface area contributed by atoms with Crippen LogP contribution in [0.5, 0.6) is 0 Å². The van der Waals surface area contributed by atoms with Gasteiger partial charge in [-0.3, -0.25) is 14.1 Å². The third kappa shape index (κ3) is 4.63. The van der Waals surface area contributed by atoms with Crippen LogP contribution in [0.15, 0.2) is 164 Å². The zero-order chi connectivity index (χ0) is 30.9. The van der Waals surface area contributed by atoms with Gasteiger partial charge in [-0.2, -0.15) is 5.10 Å². The van der Waals surface area contributed by atoms with E-state index in [0.29, 0.717) is 5.69 Å². The summed E-state index contributed by atoms with van der Waals surface area (Å²) in [6.45, 7) is 0. The van der Waals surface area contributed by atoms with Crippen molar-refractivity contribution in [1.29, 1.82) is 0 Å². The van der Waals surface area contributed by atoms with Crippen LogP contribution < -0.4 is 5.73 Å². The summed E-state index contributed by atoms with van der Waals surface area (Å²) in [5.74, 6) is 0.112. The summed E-state index contributed by atoms with van der Waals surface area (Å²) in [4.78, 5) is 9.28. The quantitative estimate of drug-likeness (QED) is 0.187. The van der Waals surface area contributed by atoms with E-state index in [4.69, 9.17) is 10.8 Å². The van der Waals surface area contributed by atoms with Gasteiger partial charge in [-0.25, -0.2) is 4.98 Å². The Labute approximate surface area is 267 Å². The number of pyridine rings is 2. The molecule has 6 nitrogen and oxygen atoms in total. The van der Waals surface area contributed by atoms with Crippen molar-refractivity contribution in [2.24, 2.45) is 5.92 Å². The Balaban J connectivity index is 1.41. The normalized spacial score (nSPS) is 14.6. The molecular weight excluding hydrogens is 564 g/mol. The van der Waals surface area contributed by atoms with E-state index in [1.165, 1.54) is 11.1 Å². The minimum absolute atomic E-state index is 0.112. The first kappa shape index (κ1) is 27.5. The van der Waals surface area contributed by atoms with Crippen molar-refractivity contribution >= 4 is 11.3 Å². The molecule has 3 aromatic carbocycles. The molecule has 1 atom stereocenters. The predicted octanol–water partition coefficient (Wildman–Crippen LogP) is 8.43. The molecule has 8 rings (SSSR count). The number of fused-ring (bicyclic) bond motifs is 1. The third-order valence-corrected chi connectivity index (χ3v) is 8.95. The van der Waals surface area contributed by atoms with E-state index in [0.717, 1.165) is 45.8 Å². The molecule has 1 unspecified atom stereocenters. The smallest absolute Gasteiger partial charge is 0.137 e. The molecular formula is C40H32N6. The third-order valence-electron chi connectivity index (χ3n) is 8.95. The summed E-state index contributed by atoms with van der Waals surface area (Å²) in [6, 6.07) is 39.6. The number of imidazole rings is 1. The monoisotopic (exact) mass is 596 g/mol. The van der Waals surface area contributed by atoms with Crippen molar-refractivity contribution < 1.29 is 0 Å². The Morgan fingerprint density at radius 1 is 0.696 bits per heavy atom. The maximum Gasteiger partial charge on any atom is 0.137 e. The van der Waals surface area contributed by atoms with Crippen LogP contribution in [0.2, 0.25) is 0 Å². The van der Waals surface area contributed by atoms with Gasteiger partial charge in [0.05, 0.1) is 17.6 Å². The van der Waals surface area contributed by atoms with E-state index in [1.807, 2.05) is 42.7 Å². The Bertz CT molecular complexity index is 2140. The van der Waals surface area contributed by atoms with Gasteiger partial charge in [0, 0.05) is 46.9 Å². The Morgan fingerprint density at radius 3 is 2.09 bits per heavy atom. The second kappa shape index (κ2) is 11.5. The molecule has 0 radical (unpaired) electrons. The van der Waals surface area contributed by atoms with Crippen LogP contribution >= 0.6 is 0 Å². The number of anilines is 1. The predicted molar refractivity (Wildman–Crippen MR) is 185 cm³/mol. The second-order valence-electron chi connectivity index (χ2n) is 11.6. The standard InChI is InChI=1S/C40H32N6/c41-34-22-19-29(20-23-34)39-35(30-21-24-38-43-26-37(45(38)27-30)36-18-10-11-25-42-36)28-46(44-39)40(31-12-4-1-5-13-31,32-14-6-2-7-15-32)33-16-8-3-9-17-33/h1-16,18-28,33H,17,41H2. The fourth-order valence-corrected chi connectivity index (χ4v) is 6.77. The molecule has 0 saturated carbocycles. The fourth-order valence-electron chi connectivity index (χ4n) is 6.77. The Kier molecular flexibility index (Phi) is 6.88. The van der Waals surface area contributed by atoms with Gasteiger partial charge in [-0.1, -0.05) is 103 Å². The number of aromatic nitrogens is 5. The highest BCUT2D eigenvalue weighted by Crippen LogP contribution is 2.46. The minimum atomic E-state index is -0.622. The van der Waals surface area contributed by atoms with Crippen molar-refractivity contribution in [1.82, 2.24) is 24.1 Å². The first-order valence-electron chi connectivity index (χ1n) is 15.5. The van der Waals surface area contributed by atoms with Gasteiger partial charge in [0.25, 0.3) is 0 Å². The molecule has 0 spiro atoms. The van der Waals surface area contributed by atoms with Crippen molar-refractivity contribution in [3.63, 3.8) is 0 Å². The van der Waals surface area contributed by atoms with Gasteiger partial charge < -0.3 is 5.73 Å². The fraction of sp³-hybridized carbons (Fsp3) is 0.0750. The largest absolute Gasteiger partial charge is 0.399 e. The van der Waals surface area contributed by atoms with E-state index >= 15 is 0 Å². The number of rotatable bonds is 7. The van der Waals surface area contributed by atoms with Crippen LogP contribution in [0.4, 0.5) is 5.69 Å². The molecule has 0 amide bonds. The van der Waals surface area contributed by atoms with Crippen LogP contribution in [-0.2, 0) is 5.54 Å². The molecule has 0 aliphatic heterocycles. The lowest BCUT2D eigenvalue weighted by molar-refractivity contribution is 0.293. The summed E-state index contributed by atoms with van der Waals surface area (Å²) in [5, 5.41) is 5.52. The van der Waals surface area contributed by atoms with Gasteiger partial charge in [0.15, 0.2) is 0 Å². The maximum atomic E-state index is 6.14. The first-order chi connectivity index (χ1) is 22.7. The van der Waals surface area contributed by atoms with Crippen molar-refractivity contribution in [2.45, 2.75) is 12.0 Å². The number of nitrogen functional groups attached to an aromatic ring is 1. The average molecular weight is 597 g/mol. The second-order valence-corrected chi connectivity index (χ2v) is 11.6. The molecule has 0 fully saturated rings. The number of hydrogen-bond acceptors (Lipinski definition) is 4. The van der Waals surface area contributed by atoms with E-state index in [9.17, 15) is 0 Å². The molecule has 0 bridgehead atoms. The highest BCUT2D eigenvalue weighted by atomic mass is 15.3. The minimum Gasteiger partial charge on any atom is -0.399 e. The lowest BCUT2D eigenvalue weighted by atomic mass is 9.70. The number of nitrogens with two attached hydrogens (primary N) is 1. The summed E-state index contributed by atoms with van der Waals surface area (Å²) in [6.07, 6.45) is 17.8. The van der Waals surface area contributed by atoms with Crippen molar-refractivity contribution in [3.8, 4) is 33.8 Å². The van der Waals surface area contributed by atoms with E-state index in [-0.39, 0.29) is 5.92 Å².